The van der Waals surface area contributed by atoms with Crippen molar-refractivity contribution in [1.82, 2.24) is 19.3 Å². The second kappa shape index (κ2) is 10.6. The number of aryl methyl sites for hydroxylation is 1. The Labute approximate surface area is 201 Å². The Balaban J connectivity index is 1.41. The minimum atomic E-state index is -1.30. The lowest BCUT2D eigenvalue weighted by molar-refractivity contribution is 0.00710. The van der Waals surface area contributed by atoms with Crippen molar-refractivity contribution in [3.63, 3.8) is 0 Å². The van der Waals surface area contributed by atoms with Crippen molar-refractivity contribution in [2.24, 2.45) is 5.92 Å². The van der Waals surface area contributed by atoms with E-state index in [2.05, 4.69) is 10.1 Å². The van der Waals surface area contributed by atoms with Gasteiger partial charge in [0.05, 0.1) is 24.5 Å². The number of hydrogen-bond acceptors (Lipinski definition) is 4. The number of unbranched alkanes of at least 4 members (excludes halogenated alkanes) is 1. The van der Waals surface area contributed by atoms with Crippen LogP contribution in [0.3, 0.4) is 0 Å². The van der Waals surface area contributed by atoms with E-state index in [4.69, 9.17) is 4.74 Å². The van der Waals surface area contributed by atoms with Crippen molar-refractivity contribution in [2.75, 3.05) is 6.61 Å². The number of aromatic amines is 2. The molecule has 10 heteroatoms. The summed E-state index contributed by atoms with van der Waals surface area (Å²) in [5, 5.41) is 14.4. The second-order valence-corrected chi connectivity index (χ2v) is 9.30. The maximum atomic E-state index is 14.3. The first kappa shape index (κ1) is 25.0. The monoisotopic (exact) mass is 490 g/mol. The summed E-state index contributed by atoms with van der Waals surface area (Å²) in [5.41, 5.74) is -0.418. The van der Waals surface area contributed by atoms with Gasteiger partial charge in [-0.15, -0.1) is 0 Å². The van der Waals surface area contributed by atoms with E-state index in [1.807, 2.05) is 6.92 Å². The largest absolute Gasteiger partial charge is 0.490 e. The molecule has 3 aromatic rings. The third-order valence-corrected chi connectivity index (χ3v) is 6.68. The van der Waals surface area contributed by atoms with Crippen molar-refractivity contribution < 1.29 is 18.6 Å². The number of nitrogens with one attached hydrogen (secondary N) is 2. The summed E-state index contributed by atoms with van der Waals surface area (Å²) >= 11 is 0. The summed E-state index contributed by atoms with van der Waals surface area (Å²) < 4.78 is 36.5. The summed E-state index contributed by atoms with van der Waals surface area (Å²) in [4.78, 5) is 25.2. The van der Waals surface area contributed by atoms with Crippen LogP contribution in [0, 0.1) is 11.7 Å². The van der Waals surface area contributed by atoms with E-state index in [0.29, 0.717) is 56.0 Å². The molecule has 1 aliphatic rings. The van der Waals surface area contributed by atoms with Gasteiger partial charge in [0.15, 0.2) is 11.6 Å². The zero-order chi connectivity index (χ0) is 25.0. The van der Waals surface area contributed by atoms with Gasteiger partial charge in [0.1, 0.15) is 12.3 Å². The van der Waals surface area contributed by atoms with E-state index in [1.54, 1.807) is 16.8 Å². The highest BCUT2D eigenvalue weighted by molar-refractivity contribution is 5.34. The molecule has 2 heterocycles. The summed E-state index contributed by atoms with van der Waals surface area (Å²) in [5.74, 6) is 0.149. The van der Waals surface area contributed by atoms with Gasteiger partial charge in [-0.3, -0.25) is 19.6 Å². The van der Waals surface area contributed by atoms with Gasteiger partial charge in [0.25, 0.3) is 5.56 Å². The fourth-order valence-electron chi connectivity index (χ4n) is 4.19. The third-order valence-electron chi connectivity index (χ3n) is 6.68. The van der Waals surface area contributed by atoms with Crippen LogP contribution in [0.15, 0.2) is 40.1 Å². The molecule has 0 saturated heterocycles. The SMILES string of the molecule is CC[C@@](O)(Cn1[nH]c(CF)c1CCCCn1ccc(=O)[nH]c1=O)c1ccc(F)c(OCC2CC2)c1. The van der Waals surface area contributed by atoms with Crippen LogP contribution < -0.4 is 16.0 Å². The number of H-pyrrole nitrogens is 2. The topological polar surface area (TPSA) is 105 Å². The molecule has 1 atom stereocenters. The zero-order valence-corrected chi connectivity index (χ0v) is 19.9. The quantitative estimate of drug-likeness (QED) is 0.320. The highest BCUT2D eigenvalue weighted by Gasteiger charge is 2.31. The molecule has 0 radical (unpaired) electrons. The van der Waals surface area contributed by atoms with Crippen LogP contribution in [0.1, 0.15) is 56.0 Å². The van der Waals surface area contributed by atoms with Crippen LogP contribution >= 0.6 is 0 Å². The first-order chi connectivity index (χ1) is 16.8. The lowest BCUT2D eigenvalue weighted by Crippen LogP contribution is -2.35. The van der Waals surface area contributed by atoms with Gasteiger partial charge < -0.3 is 14.4 Å². The van der Waals surface area contributed by atoms with Gasteiger partial charge in [-0.05, 0) is 62.1 Å². The lowest BCUT2D eigenvalue weighted by atomic mass is 9.90. The van der Waals surface area contributed by atoms with Gasteiger partial charge in [-0.1, -0.05) is 13.0 Å². The Bertz CT molecular complexity index is 1260. The smallest absolute Gasteiger partial charge is 0.328 e. The zero-order valence-electron chi connectivity index (χ0n) is 19.9. The molecule has 4 rings (SSSR count). The average molecular weight is 491 g/mol. The molecule has 8 nitrogen and oxygen atoms in total. The first-order valence-electron chi connectivity index (χ1n) is 12.1. The maximum Gasteiger partial charge on any atom is 0.328 e. The van der Waals surface area contributed by atoms with Crippen LogP contribution in [0.4, 0.5) is 8.78 Å². The van der Waals surface area contributed by atoms with Gasteiger partial charge in [0, 0.05) is 18.8 Å². The molecule has 35 heavy (non-hydrogen) atoms. The Kier molecular flexibility index (Phi) is 7.59. The Hall–Kier alpha value is -3.14. The molecule has 2 aromatic heterocycles. The number of aliphatic hydroxyl groups is 1. The van der Waals surface area contributed by atoms with Gasteiger partial charge >= 0.3 is 5.69 Å². The number of halogens is 2. The summed E-state index contributed by atoms with van der Waals surface area (Å²) in [7, 11) is 0. The second-order valence-electron chi connectivity index (χ2n) is 9.30. The van der Waals surface area contributed by atoms with Crippen molar-refractivity contribution in [3.8, 4) is 5.75 Å². The van der Waals surface area contributed by atoms with Crippen molar-refractivity contribution in [1.29, 1.82) is 0 Å². The molecule has 0 amide bonds. The molecular formula is C25H32F2N4O4. The fraction of sp³-hybridized carbons (Fsp3) is 0.520. The summed E-state index contributed by atoms with van der Waals surface area (Å²) in [6, 6.07) is 5.72. The van der Waals surface area contributed by atoms with E-state index in [1.165, 1.54) is 22.9 Å². The standard InChI is InChI=1S/C25H32F2N4O4/c1-2-25(34,18-8-9-19(27)22(13-18)35-15-17-6-7-17)16-31-21(20(14-26)29-31)5-3-4-11-30-12-10-23(32)28-24(30)33/h8-10,12-13,17,29,34H,2-7,11,14-16H2,1H3,(H,28,32,33)/t25-/m1/s1. The maximum absolute atomic E-state index is 14.3. The molecule has 0 aliphatic heterocycles. The van der Waals surface area contributed by atoms with E-state index in [9.17, 15) is 23.5 Å². The molecule has 3 N–H and O–H groups in total. The molecule has 1 aromatic carbocycles. The van der Waals surface area contributed by atoms with E-state index in [0.717, 1.165) is 18.5 Å². The Morgan fingerprint density at radius 1 is 1.23 bits per heavy atom. The first-order valence-corrected chi connectivity index (χ1v) is 12.1. The minimum absolute atomic E-state index is 0.135. The van der Waals surface area contributed by atoms with E-state index >= 15 is 0 Å². The van der Waals surface area contributed by atoms with Crippen LogP contribution in [-0.4, -0.2) is 31.0 Å². The summed E-state index contributed by atoms with van der Waals surface area (Å²) in [6.45, 7) is 2.26. The highest BCUT2D eigenvalue weighted by Crippen LogP contribution is 2.34. The molecule has 0 unspecified atom stereocenters. The number of nitrogens with zero attached hydrogens (tertiary/aromatic N) is 2. The number of alkyl halides is 1. The number of hydrogen-bond donors (Lipinski definition) is 3. The van der Waals surface area contributed by atoms with Crippen LogP contribution in [0.2, 0.25) is 0 Å². The number of aromatic nitrogens is 4. The molecule has 0 bridgehead atoms. The van der Waals surface area contributed by atoms with Crippen LogP contribution in [-0.2, 0) is 31.8 Å². The molecule has 1 fully saturated rings. The predicted molar refractivity (Wildman–Crippen MR) is 127 cm³/mol. The van der Waals surface area contributed by atoms with Gasteiger partial charge in [-0.25, -0.2) is 13.6 Å². The molecule has 0 spiro atoms. The molecule has 1 aliphatic carbocycles. The van der Waals surface area contributed by atoms with Crippen molar-refractivity contribution >= 4 is 0 Å². The minimum Gasteiger partial charge on any atom is -0.490 e. The van der Waals surface area contributed by atoms with Crippen LogP contribution in [0.25, 0.3) is 0 Å². The Morgan fingerprint density at radius 2 is 2.03 bits per heavy atom. The number of ether oxygens (including phenoxy) is 1. The fourth-order valence-corrected chi connectivity index (χ4v) is 4.19. The van der Waals surface area contributed by atoms with Gasteiger partial charge in [0.2, 0.25) is 0 Å². The average Bonchev–Trinajstić information content (AvgIpc) is 3.66. The highest BCUT2D eigenvalue weighted by atomic mass is 19.1. The molecular weight excluding hydrogens is 458 g/mol. The number of rotatable bonds is 13. The van der Waals surface area contributed by atoms with Crippen molar-refractivity contribution in [3.05, 3.63) is 74.1 Å². The molecule has 190 valence electrons. The van der Waals surface area contributed by atoms with E-state index < -0.39 is 29.3 Å². The van der Waals surface area contributed by atoms with Crippen molar-refractivity contribution in [2.45, 2.75) is 70.8 Å². The third kappa shape index (κ3) is 5.93. The normalized spacial score (nSPS) is 15.3. The van der Waals surface area contributed by atoms with Crippen LogP contribution in [0.5, 0.6) is 5.75 Å². The number of benzene rings is 1. The Morgan fingerprint density at radius 3 is 2.71 bits per heavy atom. The predicted octanol–water partition coefficient (Wildman–Crippen LogP) is 3.38. The lowest BCUT2D eigenvalue weighted by Gasteiger charge is -2.33. The van der Waals surface area contributed by atoms with E-state index in [-0.39, 0.29) is 12.3 Å². The summed E-state index contributed by atoms with van der Waals surface area (Å²) in [6.07, 6.45) is 5.90. The molecule has 1 saturated carbocycles. The van der Waals surface area contributed by atoms with Gasteiger partial charge in [-0.2, -0.15) is 0 Å².